The van der Waals surface area contributed by atoms with E-state index in [9.17, 15) is 9.59 Å². The van der Waals surface area contributed by atoms with E-state index in [1.807, 2.05) is 51.1 Å². The summed E-state index contributed by atoms with van der Waals surface area (Å²) in [6, 6.07) is 9.48. The molecule has 0 N–H and O–H groups in total. The van der Waals surface area contributed by atoms with E-state index >= 15 is 0 Å². The summed E-state index contributed by atoms with van der Waals surface area (Å²) in [5.74, 6) is 0.457. The lowest BCUT2D eigenvalue weighted by Gasteiger charge is -2.14. The fourth-order valence-corrected chi connectivity index (χ4v) is 4.10. The van der Waals surface area contributed by atoms with Crippen molar-refractivity contribution in [2.24, 2.45) is 0 Å². The molecule has 2 aromatic carbocycles. The molecule has 0 radical (unpaired) electrons. The van der Waals surface area contributed by atoms with E-state index in [-0.39, 0.29) is 24.6 Å². The molecule has 0 fully saturated rings. The number of aryl methyl sites for hydroxylation is 1. The number of carbonyl (C=O) groups is 1. The molecule has 3 aromatic rings. The minimum Gasteiger partial charge on any atom is -0.490 e. The second-order valence-electron chi connectivity index (χ2n) is 6.25. The summed E-state index contributed by atoms with van der Waals surface area (Å²) < 4.78 is 12.9. The summed E-state index contributed by atoms with van der Waals surface area (Å²) in [4.78, 5) is 24.3. The van der Waals surface area contributed by atoms with Crippen LogP contribution in [0.2, 0.25) is 0 Å². The van der Waals surface area contributed by atoms with Crippen molar-refractivity contribution in [3.05, 3.63) is 51.7 Å². The van der Waals surface area contributed by atoms with Crippen LogP contribution >= 0.6 is 11.3 Å². The van der Waals surface area contributed by atoms with Gasteiger partial charge >= 0.3 is 5.97 Å². The first-order valence-electron chi connectivity index (χ1n) is 8.77. The molecule has 136 valence electrons. The highest BCUT2D eigenvalue weighted by Gasteiger charge is 2.13. The molecule has 5 heteroatoms. The predicted octanol–water partition coefficient (Wildman–Crippen LogP) is 4.75. The minimum atomic E-state index is -0.211. The van der Waals surface area contributed by atoms with E-state index in [4.69, 9.17) is 9.47 Å². The highest BCUT2D eigenvalue weighted by Crippen LogP contribution is 2.33. The van der Waals surface area contributed by atoms with Crippen molar-refractivity contribution in [1.29, 1.82) is 0 Å². The Kier molecular flexibility index (Phi) is 5.57. The molecular formula is C21H22O4S. The van der Waals surface area contributed by atoms with Crippen molar-refractivity contribution >= 4 is 37.5 Å². The maximum Gasteiger partial charge on any atom is 0.305 e. The zero-order valence-electron chi connectivity index (χ0n) is 15.3. The van der Waals surface area contributed by atoms with Crippen molar-refractivity contribution in [2.45, 2.75) is 33.6 Å². The molecule has 1 heterocycles. The summed E-state index contributed by atoms with van der Waals surface area (Å²) in [5, 5.41) is 1.41. The van der Waals surface area contributed by atoms with E-state index in [1.165, 1.54) is 0 Å². The van der Waals surface area contributed by atoms with Crippen LogP contribution in [0.15, 0.2) is 35.1 Å². The Morgan fingerprint density at radius 2 is 1.85 bits per heavy atom. The molecule has 0 aliphatic heterocycles. The van der Waals surface area contributed by atoms with Gasteiger partial charge in [-0.2, -0.15) is 0 Å². The topological polar surface area (TPSA) is 52.6 Å². The van der Waals surface area contributed by atoms with Crippen LogP contribution < -0.4 is 10.2 Å². The normalized spacial score (nSPS) is 11.0. The number of hydrogen-bond donors (Lipinski definition) is 0. The lowest BCUT2D eigenvalue weighted by atomic mass is 10.1. The zero-order chi connectivity index (χ0) is 18.7. The van der Waals surface area contributed by atoms with Crippen LogP contribution in [0.3, 0.4) is 0 Å². The molecule has 0 spiro atoms. The SMILES string of the molecule is CCCC(=O)OCCOc1cc2c(=O)c3ccccc3sc2c(C)c1C. The van der Waals surface area contributed by atoms with Gasteiger partial charge in [0.05, 0.1) is 0 Å². The summed E-state index contributed by atoms with van der Waals surface area (Å²) in [5.41, 5.74) is 2.08. The molecule has 0 amide bonds. The first kappa shape index (κ1) is 18.4. The average molecular weight is 370 g/mol. The number of benzene rings is 2. The predicted molar refractivity (Wildman–Crippen MR) is 106 cm³/mol. The van der Waals surface area contributed by atoms with Crippen LogP contribution in [0, 0.1) is 13.8 Å². The molecule has 3 rings (SSSR count). The highest BCUT2D eigenvalue weighted by molar-refractivity contribution is 7.24. The highest BCUT2D eigenvalue weighted by atomic mass is 32.1. The Morgan fingerprint density at radius 1 is 1.08 bits per heavy atom. The summed E-state index contributed by atoms with van der Waals surface area (Å²) >= 11 is 1.63. The lowest BCUT2D eigenvalue weighted by molar-refractivity contribution is -0.144. The second-order valence-corrected chi connectivity index (χ2v) is 7.30. The molecular weight excluding hydrogens is 348 g/mol. The van der Waals surface area contributed by atoms with Gasteiger partial charge in [0.15, 0.2) is 5.43 Å². The van der Waals surface area contributed by atoms with E-state index in [0.717, 1.165) is 32.3 Å². The average Bonchev–Trinajstić information content (AvgIpc) is 2.64. The van der Waals surface area contributed by atoms with Gasteiger partial charge < -0.3 is 9.47 Å². The van der Waals surface area contributed by atoms with Crippen molar-refractivity contribution in [2.75, 3.05) is 13.2 Å². The molecule has 26 heavy (non-hydrogen) atoms. The van der Waals surface area contributed by atoms with E-state index in [0.29, 0.717) is 17.6 Å². The maximum atomic E-state index is 12.9. The third-order valence-corrected chi connectivity index (χ3v) is 5.75. The Morgan fingerprint density at radius 3 is 2.62 bits per heavy atom. The molecule has 0 saturated carbocycles. The maximum absolute atomic E-state index is 12.9. The smallest absolute Gasteiger partial charge is 0.305 e. The Bertz CT molecular complexity index is 1020. The van der Waals surface area contributed by atoms with Crippen LogP contribution in [0.1, 0.15) is 30.9 Å². The summed E-state index contributed by atoms with van der Waals surface area (Å²) in [7, 11) is 0. The molecule has 0 saturated heterocycles. The van der Waals surface area contributed by atoms with E-state index in [1.54, 1.807) is 11.3 Å². The van der Waals surface area contributed by atoms with Crippen LogP contribution in [-0.2, 0) is 9.53 Å². The Balaban J connectivity index is 1.91. The van der Waals surface area contributed by atoms with E-state index in [2.05, 4.69) is 0 Å². The first-order valence-corrected chi connectivity index (χ1v) is 9.58. The fourth-order valence-electron chi connectivity index (χ4n) is 2.89. The monoisotopic (exact) mass is 370 g/mol. The minimum absolute atomic E-state index is 0.0247. The Hall–Kier alpha value is -2.40. The van der Waals surface area contributed by atoms with E-state index < -0.39 is 0 Å². The Labute approximate surface area is 156 Å². The quantitative estimate of drug-likeness (QED) is 0.357. The molecule has 0 bridgehead atoms. The zero-order valence-corrected chi connectivity index (χ0v) is 16.1. The number of esters is 1. The largest absolute Gasteiger partial charge is 0.490 e. The number of fused-ring (bicyclic) bond motifs is 2. The van der Waals surface area contributed by atoms with Gasteiger partial charge in [0, 0.05) is 26.6 Å². The van der Waals surface area contributed by atoms with Gasteiger partial charge in [-0.25, -0.2) is 0 Å². The van der Waals surface area contributed by atoms with Crippen molar-refractivity contribution in [3.8, 4) is 5.75 Å². The molecule has 0 unspecified atom stereocenters. The molecule has 0 aliphatic rings. The van der Waals surface area contributed by atoms with Gasteiger partial charge in [0.2, 0.25) is 0 Å². The van der Waals surface area contributed by atoms with Gasteiger partial charge in [0.25, 0.3) is 0 Å². The van der Waals surface area contributed by atoms with Crippen LogP contribution in [0.4, 0.5) is 0 Å². The van der Waals surface area contributed by atoms with Gasteiger partial charge in [0.1, 0.15) is 19.0 Å². The number of rotatable bonds is 6. The molecule has 1 aromatic heterocycles. The molecule has 0 aliphatic carbocycles. The molecule has 0 atom stereocenters. The number of carbonyl (C=O) groups excluding carboxylic acids is 1. The van der Waals surface area contributed by atoms with Gasteiger partial charge in [-0.05, 0) is 49.6 Å². The van der Waals surface area contributed by atoms with Crippen LogP contribution in [0.25, 0.3) is 20.2 Å². The third-order valence-electron chi connectivity index (χ3n) is 4.44. The fraction of sp³-hybridized carbons (Fsp3) is 0.333. The van der Waals surface area contributed by atoms with Crippen molar-refractivity contribution < 1.29 is 14.3 Å². The van der Waals surface area contributed by atoms with Gasteiger partial charge in [-0.1, -0.05) is 19.1 Å². The molecule has 4 nitrogen and oxygen atoms in total. The second kappa shape index (κ2) is 7.87. The number of hydrogen-bond acceptors (Lipinski definition) is 5. The first-order chi connectivity index (χ1) is 12.5. The lowest BCUT2D eigenvalue weighted by Crippen LogP contribution is -2.12. The summed E-state index contributed by atoms with van der Waals surface area (Å²) in [6.07, 6.45) is 1.19. The third kappa shape index (κ3) is 3.58. The van der Waals surface area contributed by atoms with Crippen molar-refractivity contribution in [3.63, 3.8) is 0 Å². The van der Waals surface area contributed by atoms with Crippen LogP contribution in [0.5, 0.6) is 5.75 Å². The summed E-state index contributed by atoms with van der Waals surface area (Å²) in [6.45, 7) is 6.41. The number of ether oxygens (including phenoxy) is 2. The van der Waals surface area contributed by atoms with Gasteiger partial charge in [-0.3, -0.25) is 9.59 Å². The standard InChI is InChI=1S/C21H22O4S/c1-4-7-19(22)25-11-10-24-17-12-16-20(23)15-8-5-6-9-18(15)26-21(16)14(3)13(17)2/h5-6,8-9,12H,4,7,10-11H2,1-3H3. The van der Waals surface area contributed by atoms with Gasteiger partial charge in [-0.15, -0.1) is 11.3 Å². The van der Waals surface area contributed by atoms with Crippen molar-refractivity contribution in [1.82, 2.24) is 0 Å². The van der Waals surface area contributed by atoms with Crippen LogP contribution in [-0.4, -0.2) is 19.2 Å².